The van der Waals surface area contributed by atoms with Crippen LogP contribution in [0.25, 0.3) is 0 Å². The fraction of sp³-hybridized carbons (Fsp3) is 0.500. The fourth-order valence-electron chi connectivity index (χ4n) is 1.83. The molecule has 1 atom stereocenters. The van der Waals surface area contributed by atoms with Crippen LogP contribution < -0.4 is 11.1 Å². The van der Waals surface area contributed by atoms with Crippen LogP contribution in [0, 0.1) is 5.82 Å². The molecular weight excluding hydrogens is 231 g/mol. The molecular formula is C14H21FN2O. The van der Waals surface area contributed by atoms with Crippen LogP contribution in [0.2, 0.25) is 0 Å². The summed E-state index contributed by atoms with van der Waals surface area (Å²) in [4.78, 5) is 11.6. The first-order chi connectivity index (χ1) is 8.65. The molecule has 0 aromatic heterocycles. The number of amides is 1. The van der Waals surface area contributed by atoms with Crippen molar-refractivity contribution in [2.45, 2.75) is 32.1 Å². The van der Waals surface area contributed by atoms with Crippen molar-refractivity contribution in [3.05, 3.63) is 35.6 Å². The summed E-state index contributed by atoms with van der Waals surface area (Å²) in [5, 5.41) is 2.82. The van der Waals surface area contributed by atoms with Crippen LogP contribution in [0.3, 0.4) is 0 Å². The molecule has 100 valence electrons. The summed E-state index contributed by atoms with van der Waals surface area (Å²) in [7, 11) is 0. The van der Waals surface area contributed by atoms with E-state index in [1.807, 2.05) is 6.92 Å². The number of benzene rings is 1. The van der Waals surface area contributed by atoms with Gasteiger partial charge in [0.1, 0.15) is 5.82 Å². The molecule has 0 spiro atoms. The minimum atomic E-state index is -0.249. The van der Waals surface area contributed by atoms with Crippen LogP contribution in [-0.4, -0.2) is 19.0 Å². The van der Waals surface area contributed by atoms with Crippen LogP contribution in [0.5, 0.6) is 0 Å². The quantitative estimate of drug-likeness (QED) is 0.731. The highest BCUT2D eigenvalue weighted by molar-refractivity contribution is 5.76. The summed E-state index contributed by atoms with van der Waals surface area (Å²) in [6.45, 7) is 3.14. The molecule has 0 aliphatic rings. The first-order valence-corrected chi connectivity index (χ1v) is 6.36. The Kier molecular flexibility index (Phi) is 6.36. The number of nitrogens with one attached hydrogen (secondary N) is 1. The molecule has 1 aromatic rings. The maximum absolute atomic E-state index is 13.5. The van der Waals surface area contributed by atoms with Gasteiger partial charge in [-0.05, 0) is 36.9 Å². The van der Waals surface area contributed by atoms with Crippen LogP contribution in [0.4, 0.5) is 4.39 Å². The van der Waals surface area contributed by atoms with Gasteiger partial charge in [-0.2, -0.15) is 0 Å². The average Bonchev–Trinajstić information content (AvgIpc) is 2.35. The lowest BCUT2D eigenvalue weighted by atomic mass is 9.97. The Hall–Kier alpha value is -1.42. The Bertz CT molecular complexity index is 382. The van der Waals surface area contributed by atoms with Crippen molar-refractivity contribution in [1.82, 2.24) is 5.32 Å². The lowest BCUT2D eigenvalue weighted by molar-refractivity contribution is -0.121. The van der Waals surface area contributed by atoms with Crippen LogP contribution in [0.1, 0.15) is 37.7 Å². The maximum atomic E-state index is 13.5. The second kappa shape index (κ2) is 7.82. The molecule has 1 aromatic carbocycles. The van der Waals surface area contributed by atoms with Gasteiger partial charge >= 0.3 is 0 Å². The van der Waals surface area contributed by atoms with E-state index in [1.54, 1.807) is 18.2 Å². The van der Waals surface area contributed by atoms with Gasteiger partial charge in [-0.1, -0.05) is 25.1 Å². The summed E-state index contributed by atoms with van der Waals surface area (Å²) in [6.07, 6.45) is 2.10. The standard InChI is InChI=1S/C14H21FN2O/c1-11(12-6-2-3-7-13(12)15)10-14(18)17-9-5-4-8-16/h2-3,6-7,11H,4-5,8-10,16H2,1H3,(H,17,18). The molecule has 0 radical (unpaired) electrons. The summed E-state index contributed by atoms with van der Waals surface area (Å²) in [5.41, 5.74) is 5.96. The lowest BCUT2D eigenvalue weighted by Crippen LogP contribution is -2.26. The van der Waals surface area contributed by atoms with Gasteiger partial charge in [0.2, 0.25) is 5.91 Å². The van der Waals surface area contributed by atoms with E-state index in [0.717, 1.165) is 12.8 Å². The van der Waals surface area contributed by atoms with Gasteiger partial charge in [-0.15, -0.1) is 0 Å². The van der Waals surface area contributed by atoms with Crippen LogP contribution >= 0.6 is 0 Å². The molecule has 0 saturated heterocycles. The minimum Gasteiger partial charge on any atom is -0.356 e. The Morgan fingerprint density at radius 1 is 1.39 bits per heavy atom. The smallest absolute Gasteiger partial charge is 0.220 e. The maximum Gasteiger partial charge on any atom is 0.220 e. The van der Waals surface area contributed by atoms with Crippen molar-refractivity contribution in [2.75, 3.05) is 13.1 Å². The molecule has 4 heteroatoms. The first kappa shape index (κ1) is 14.6. The van der Waals surface area contributed by atoms with Gasteiger partial charge in [-0.25, -0.2) is 4.39 Å². The van der Waals surface area contributed by atoms with Crippen molar-refractivity contribution >= 4 is 5.91 Å². The van der Waals surface area contributed by atoms with E-state index in [0.29, 0.717) is 25.1 Å². The Balaban J connectivity index is 2.38. The van der Waals surface area contributed by atoms with Crippen LogP contribution in [-0.2, 0) is 4.79 Å². The number of rotatable bonds is 7. The predicted octanol–water partition coefficient (Wildman–Crippen LogP) is 2.17. The number of hydrogen-bond donors (Lipinski definition) is 2. The number of unbranched alkanes of at least 4 members (excludes halogenated alkanes) is 1. The third kappa shape index (κ3) is 4.84. The largest absolute Gasteiger partial charge is 0.356 e. The third-order valence-electron chi connectivity index (χ3n) is 2.88. The molecule has 0 aliphatic heterocycles. The zero-order chi connectivity index (χ0) is 13.4. The molecule has 3 nitrogen and oxygen atoms in total. The van der Waals surface area contributed by atoms with Crippen LogP contribution in [0.15, 0.2) is 24.3 Å². The number of carbonyl (C=O) groups excluding carboxylic acids is 1. The monoisotopic (exact) mass is 252 g/mol. The molecule has 0 heterocycles. The molecule has 18 heavy (non-hydrogen) atoms. The zero-order valence-electron chi connectivity index (χ0n) is 10.8. The molecule has 1 unspecified atom stereocenters. The first-order valence-electron chi connectivity index (χ1n) is 6.36. The molecule has 1 rings (SSSR count). The van der Waals surface area contributed by atoms with Gasteiger partial charge < -0.3 is 11.1 Å². The molecule has 3 N–H and O–H groups in total. The average molecular weight is 252 g/mol. The van der Waals surface area contributed by atoms with E-state index in [9.17, 15) is 9.18 Å². The number of nitrogens with two attached hydrogens (primary N) is 1. The van der Waals surface area contributed by atoms with E-state index in [2.05, 4.69) is 5.32 Å². The fourth-order valence-corrected chi connectivity index (χ4v) is 1.83. The van der Waals surface area contributed by atoms with E-state index in [4.69, 9.17) is 5.73 Å². The van der Waals surface area contributed by atoms with E-state index in [1.165, 1.54) is 6.07 Å². The second-order valence-electron chi connectivity index (χ2n) is 4.47. The van der Waals surface area contributed by atoms with Crippen molar-refractivity contribution < 1.29 is 9.18 Å². The van der Waals surface area contributed by atoms with Gasteiger partial charge in [0, 0.05) is 13.0 Å². The normalized spacial score (nSPS) is 12.2. The Morgan fingerprint density at radius 3 is 2.78 bits per heavy atom. The van der Waals surface area contributed by atoms with E-state index >= 15 is 0 Å². The van der Waals surface area contributed by atoms with E-state index < -0.39 is 0 Å². The zero-order valence-corrected chi connectivity index (χ0v) is 10.8. The highest BCUT2D eigenvalue weighted by Crippen LogP contribution is 2.21. The molecule has 0 saturated carbocycles. The lowest BCUT2D eigenvalue weighted by Gasteiger charge is -2.12. The minimum absolute atomic E-state index is 0.0391. The Labute approximate surface area is 108 Å². The van der Waals surface area contributed by atoms with Crippen molar-refractivity contribution in [2.24, 2.45) is 5.73 Å². The molecule has 1 amide bonds. The van der Waals surface area contributed by atoms with Crippen molar-refractivity contribution in [3.63, 3.8) is 0 Å². The molecule has 0 bridgehead atoms. The number of hydrogen-bond acceptors (Lipinski definition) is 2. The predicted molar refractivity (Wildman–Crippen MR) is 70.7 cm³/mol. The number of halogens is 1. The third-order valence-corrected chi connectivity index (χ3v) is 2.88. The van der Waals surface area contributed by atoms with Gasteiger partial charge in [0.25, 0.3) is 0 Å². The summed E-state index contributed by atoms with van der Waals surface area (Å²) in [6, 6.07) is 6.58. The number of carbonyl (C=O) groups is 1. The summed E-state index contributed by atoms with van der Waals surface area (Å²) in [5.74, 6) is -0.399. The topological polar surface area (TPSA) is 55.1 Å². The highest BCUT2D eigenvalue weighted by Gasteiger charge is 2.13. The second-order valence-corrected chi connectivity index (χ2v) is 4.47. The summed E-state index contributed by atoms with van der Waals surface area (Å²) >= 11 is 0. The van der Waals surface area contributed by atoms with E-state index in [-0.39, 0.29) is 17.6 Å². The highest BCUT2D eigenvalue weighted by atomic mass is 19.1. The van der Waals surface area contributed by atoms with Crippen molar-refractivity contribution in [1.29, 1.82) is 0 Å². The van der Waals surface area contributed by atoms with Gasteiger partial charge in [-0.3, -0.25) is 4.79 Å². The SMILES string of the molecule is CC(CC(=O)NCCCCN)c1ccccc1F. The molecule has 0 aliphatic carbocycles. The summed E-state index contributed by atoms with van der Waals surface area (Å²) < 4.78 is 13.5. The van der Waals surface area contributed by atoms with Gasteiger partial charge in [0.15, 0.2) is 0 Å². The Morgan fingerprint density at radius 2 is 2.11 bits per heavy atom. The molecule has 0 fully saturated rings. The van der Waals surface area contributed by atoms with Crippen molar-refractivity contribution in [3.8, 4) is 0 Å². The van der Waals surface area contributed by atoms with Gasteiger partial charge in [0.05, 0.1) is 0 Å².